The fourth-order valence-corrected chi connectivity index (χ4v) is 6.33. The Balaban J connectivity index is 1.39. The van der Waals surface area contributed by atoms with Crippen LogP contribution >= 0.6 is 0 Å². The molecule has 3 heterocycles. The second kappa shape index (κ2) is 15.0. The van der Waals surface area contributed by atoms with Gasteiger partial charge in [-0.1, -0.05) is 36.4 Å². The summed E-state index contributed by atoms with van der Waals surface area (Å²) < 4.78 is 10.4. The van der Waals surface area contributed by atoms with E-state index in [0.717, 1.165) is 18.0 Å². The summed E-state index contributed by atoms with van der Waals surface area (Å²) in [6, 6.07) is 20.3. The van der Waals surface area contributed by atoms with Crippen LogP contribution in [-0.4, -0.2) is 141 Å². The van der Waals surface area contributed by atoms with E-state index in [1.54, 1.807) is 42.5 Å². The lowest BCUT2D eigenvalue weighted by molar-refractivity contribution is -0.227. The van der Waals surface area contributed by atoms with Crippen LogP contribution < -0.4 is 4.90 Å². The number of likely N-dealkylation sites (N-methyl/N-ethyl adjacent to an activating group) is 1. The monoisotopic (exact) mass is 701 g/mol. The minimum atomic E-state index is -1.93. The summed E-state index contributed by atoms with van der Waals surface area (Å²) >= 11 is 0. The summed E-state index contributed by atoms with van der Waals surface area (Å²) in [5.41, 5.74) is 2.85. The third kappa shape index (κ3) is 7.35. The number of aliphatic hydroxyl groups is 3. The number of aromatic hydroxyl groups is 1. The lowest BCUT2D eigenvalue weighted by Crippen LogP contribution is -2.66. The molecule has 268 valence electrons. The number of aliphatic hydroxyl groups excluding tert-OH is 3. The number of rotatable bonds is 9. The SMILES string of the molecule is COC(=O)c1ccc2c(C(=Nc3ccc(N(C(=O)CN4CCN(C)CC4)[C@@H]4O[C@H](C(=O)O)[C@@H](O)[C@H](O)[C@H]4O)cc3)c3ccccc3)c(O)[nH]c2c1. The topological polar surface area (TPSA) is 209 Å². The van der Waals surface area contributed by atoms with E-state index in [1.807, 2.05) is 42.3 Å². The van der Waals surface area contributed by atoms with Crippen LogP contribution in [0.25, 0.3) is 10.9 Å². The highest BCUT2D eigenvalue weighted by atomic mass is 16.6. The van der Waals surface area contributed by atoms with Crippen molar-refractivity contribution in [1.82, 2.24) is 14.8 Å². The maximum atomic E-state index is 14.0. The Morgan fingerprint density at radius 2 is 1.61 bits per heavy atom. The zero-order valence-corrected chi connectivity index (χ0v) is 27.9. The lowest BCUT2D eigenvalue weighted by Gasteiger charge is -2.44. The molecule has 2 fully saturated rings. The number of carboxylic acid groups (broad SMARTS) is 1. The maximum Gasteiger partial charge on any atom is 0.337 e. The number of nitrogens with zero attached hydrogens (tertiary/aromatic N) is 4. The first kappa shape index (κ1) is 35.7. The van der Waals surface area contributed by atoms with Crippen LogP contribution in [0.2, 0.25) is 0 Å². The number of fused-ring (bicyclic) bond motifs is 1. The van der Waals surface area contributed by atoms with Crippen LogP contribution in [0.15, 0.2) is 77.8 Å². The van der Waals surface area contributed by atoms with E-state index >= 15 is 0 Å². The number of benzene rings is 3. The molecule has 1 aromatic heterocycles. The zero-order chi connectivity index (χ0) is 36.4. The molecule has 5 atom stereocenters. The van der Waals surface area contributed by atoms with Crippen molar-refractivity contribution in [2.45, 2.75) is 30.6 Å². The quantitative estimate of drug-likeness (QED) is 0.108. The molecular formula is C36H39N5O10. The zero-order valence-electron chi connectivity index (χ0n) is 27.9. The van der Waals surface area contributed by atoms with Gasteiger partial charge < -0.3 is 44.9 Å². The Kier molecular flexibility index (Phi) is 10.5. The molecule has 2 saturated heterocycles. The Labute approximate surface area is 292 Å². The fourth-order valence-electron chi connectivity index (χ4n) is 6.33. The van der Waals surface area contributed by atoms with Crippen molar-refractivity contribution < 1.29 is 49.4 Å². The number of esters is 1. The molecule has 15 heteroatoms. The van der Waals surface area contributed by atoms with Crippen molar-refractivity contribution in [1.29, 1.82) is 0 Å². The predicted octanol–water partition coefficient (Wildman–Crippen LogP) is 1.30. The maximum absolute atomic E-state index is 14.0. The molecule has 51 heavy (non-hydrogen) atoms. The van der Waals surface area contributed by atoms with E-state index in [4.69, 9.17) is 14.5 Å². The molecule has 1 amide bonds. The summed E-state index contributed by atoms with van der Waals surface area (Å²) in [5, 5.41) is 53.3. The third-order valence-electron chi connectivity index (χ3n) is 9.16. The number of aliphatic carboxylic acids is 1. The molecule has 0 bridgehead atoms. The third-order valence-corrected chi connectivity index (χ3v) is 9.16. The number of H-pyrrole nitrogens is 1. The summed E-state index contributed by atoms with van der Waals surface area (Å²) in [4.78, 5) is 51.0. The molecule has 0 saturated carbocycles. The van der Waals surface area contributed by atoms with Gasteiger partial charge in [0, 0.05) is 48.3 Å². The highest BCUT2D eigenvalue weighted by Gasteiger charge is 2.50. The van der Waals surface area contributed by atoms with Gasteiger partial charge in [0.1, 0.15) is 18.3 Å². The summed E-state index contributed by atoms with van der Waals surface area (Å²) in [7, 11) is 3.26. The number of aromatic amines is 1. The van der Waals surface area contributed by atoms with Crippen molar-refractivity contribution in [3.05, 3.63) is 89.5 Å². The smallest absolute Gasteiger partial charge is 0.337 e. The molecule has 6 rings (SSSR count). The number of ether oxygens (including phenoxy) is 2. The second-order valence-electron chi connectivity index (χ2n) is 12.5. The minimum absolute atomic E-state index is 0.0770. The van der Waals surface area contributed by atoms with Gasteiger partial charge in [0.25, 0.3) is 0 Å². The highest BCUT2D eigenvalue weighted by Crippen LogP contribution is 2.34. The fraction of sp³-hybridized carbons (Fsp3) is 0.333. The van der Waals surface area contributed by atoms with E-state index < -0.39 is 48.5 Å². The summed E-state index contributed by atoms with van der Waals surface area (Å²) in [5.74, 6) is -2.79. The standard InChI is InChI=1S/C36H39N5O10/c1-39-14-16-40(17-15-39)19-26(42)41(34-31(45)29(43)30(44)32(51-34)35(47)48)23-11-9-22(10-12-23)37-28(20-6-4-3-5-7-20)27-24-13-8-21(36(49)50-2)18-25(24)38-33(27)46/h3-13,18,29-32,34,38,43-46H,14-17,19H2,1-2H3,(H,47,48)/t29-,30-,31+,32-,34+/m0/s1. The molecule has 2 aliphatic heterocycles. The average molecular weight is 702 g/mol. The van der Waals surface area contributed by atoms with Gasteiger partial charge in [0.15, 0.2) is 18.2 Å². The van der Waals surface area contributed by atoms with Crippen LogP contribution in [0.3, 0.4) is 0 Å². The number of carboxylic acids is 1. The Bertz CT molecular complexity index is 1920. The Hall–Kier alpha value is -5.16. The molecule has 4 aromatic rings. The first-order chi connectivity index (χ1) is 24.5. The van der Waals surface area contributed by atoms with E-state index in [0.29, 0.717) is 52.1 Å². The number of carbonyl (C=O) groups is 3. The highest BCUT2D eigenvalue weighted by molar-refractivity contribution is 6.22. The van der Waals surface area contributed by atoms with Crippen LogP contribution in [0, 0.1) is 0 Å². The Morgan fingerprint density at radius 3 is 2.25 bits per heavy atom. The number of piperazine rings is 1. The minimum Gasteiger partial charge on any atom is -0.494 e. The number of carbonyl (C=O) groups excluding carboxylic acids is 2. The van der Waals surface area contributed by atoms with Crippen molar-refractivity contribution in [3.63, 3.8) is 0 Å². The van der Waals surface area contributed by atoms with E-state index in [9.17, 15) is 39.9 Å². The average Bonchev–Trinajstić information content (AvgIpc) is 3.46. The largest absolute Gasteiger partial charge is 0.494 e. The lowest BCUT2D eigenvalue weighted by atomic mass is 9.97. The van der Waals surface area contributed by atoms with Crippen LogP contribution in [0.5, 0.6) is 5.88 Å². The molecule has 3 aromatic carbocycles. The van der Waals surface area contributed by atoms with E-state index in [1.165, 1.54) is 7.11 Å². The van der Waals surface area contributed by atoms with Gasteiger partial charge in [-0.2, -0.15) is 0 Å². The number of hydrogen-bond acceptors (Lipinski definition) is 12. The van der Waals surface area contributed by atoms with E-state index in [2.05, 4.69) is 9.88 Å². The van der Waals surface area contributed by atoms with Crippen molar-refractivity contribution in [2.24, 2.45) is 4.99 Å². The molecular weight excluding hydrogens is 662 g/mol. The van der Waals surface area contributed by atoms with Gasteiger partial charge in [-0.05, 0) is 43.4 Å². The van der Waals surface area contributed by atoms with Crippen molar-refractivity contribution >= 4 is 45.8 Å². The molecule has 0 aliphatic carbocycles. The Morgan fingerprint density at radius 1 is 0.922 bits per heavy atom. The summed E-state index contributed by atoms with van der Waals surface area (Å²) in [6.07, 6.45) is -9.22. The van der Waals surface area contributed by atoms with Crippen molar-refractivity contribution in [2.75, 3.05) is 51.8 Å². The van der Waals surface area contributed by atoms with Gasteiger partial charge in [-0.3, -0.25) is 14.6 Å². The van der Waals surface area contributed by atoms with Gasteiger partial charge >= 0.3 is 11.9 Å². The molecule has 0 radical (unpaired) electrons. The molecule has 0 spiro atoms. The summed E-state index contributed by atoms with van der Waals surface area (Å²) in [6.45, 7) is 2.59. The first-order valence-electron chi connectivity index (χ1n) is 16.3. The number of nitrogens with one attached hydrogen (secondary N) is 1. The van der Waals surface area contributed by atoms with Gasteiger partial charge in [-0.15, -0.1) is 0 Å². The number of anilines is 1. The first-order valence-corrected chi connectivity index (χ1v) is 16.3. The normalized spacial score (nSPS) is 23.2. The van der Waals surface area contributed by atoms with Crippen molar-refractivity contribution in [3.8, 4) is 5.88 Å². The van der Waals surface area contributed by atoms with Crippen LogP contribution in [0.4, 0.5) is 11.4 Å². The van der Waals surface area contributed by atoms with E-state index in [-0.39, 0.29) is 18.1 Å². The van der Waals surface area contributed by atoms with Crippen LogP contribution in [0.1, 0.15) is 21.5 Å². The number of aliphatic imine (C=N–C) groups is 1. The predicted molar refractivity (Wildman–Crippen MR) is 185 cm³/mol. The molecule has 2 aliphatic rings. The number of hydrogen-bond donors (Lipinski definition) is 6. The molecule has 6 N–H and O–H groups in total. The van der Waals surface area contributed by atoms with Gasteiger partial charge in [0.05, 0.1) is 36.2 Å². The second-order valence-corrected chi connectivity index (χ2v) is 12.5. The van der Waals surface area contributed by atoms with Gasteiger partial charge in [0.2, 0.25) is 5.91 Å². The van der Waals surface area contributed by atoms with Gasteiger partial charge in [-0.25, -0.2) is 14.6 Å². The van der Waals surface area contributed by atoms with Crippen LogP contribution in [-0.2, 0) is 19.1 Å². The number of aromatic nitrogens is 1. The molecule has 0 unspecified atom stereocenters. The number of methoxy groups -OCH3 is 1. The molecule has 15 nitrogen and oxygen atoms in total. The number of amides is 1.